The fourth-order valence-electron chi connectivity index (χ4n) is 4.40. The van der Waals surface area contributed by atoms with E-state index in [0.717, 1.165) is 37.8 Å². The summed E-state index contributed by atoms with van der Waals surface area (Å²) in [4.78, 5) is 14.6. The molecule has 1 amide bonds. The maximum absolute atomic E-state index is 12.1. The fraction of sp³-hybridized carbons (Fsp3) is 0.933. The van der Waals surface area contributed by atoms with Crippen molar-refractivity contribution in [2.45, 2.75) is 44.6 Å². The molecule has 0 spiro atoms. The number of likely N-dealkylation sites (N-methyl/N-ethyl adjacent to an activating group) is 1. The number of hydrogen-bond donors (Lipinski definition) is 2. The summed E-state index contributed by atoms with van der Waals surface area (Å²) in [5, 5.41) is 3.43. The molecule has 3 unspecified atom stereocenters. The minimum absolute atomic E-state index is 0.145. The van der Waals surface area contributed by atoms with Gasteiger partial charge in [0.15, 0.2) is 0 Å². The van der Waals surface area contributed by atoms with Crippen molar-refractivity contribution in [2.24, 2.45) is 23.5 Å². The minimum Gasteiger partial charge on any atom is -0.368 e. The SMILES string of the molecule is CCNC(CN1CC2CCCC2C1)(C(N)=O)C1CC1. The lowest BCUT2D eigenvalue weighted by Gasteiger charge is -2.35. The molecule has 2 saturated carbocycles. The van der Waals surface area contributed by atoms with Gasteiger partial charge in [0.1, 0.15) is 5.54 Å². The van der Waals surface area contributed by atoms with Crippen LogP contribution in [0.1, 0.15) is 39.0 Å². The summed E-state index contributed by atoms with van der Waals surface area (Å²) >= 11 is 0. The van der Waals surface area contributed by atoms with Crippen LogP contribution in [0.4, 0.5) is 0 Å². The molecule has 4 nitrogen and oxygen atoms in total. The average Bonchev–Trinajstić information content (AvgIpc) is 3.01. The van der Waals surface area contributed by atoms with Gasteiger partial charge in [-0.2, -0.15) is 0 Å². The van der Waals surface area contributed by atoms with Crippen LogP contribution >= 0.6 is 0 Å². The van der Waals surface area contributed by atoms with Crippen molar-refractivity contribution >= 4 is 5.91 Å². The number of fused-ring (bicyclic) bond motifs is 1. The number of likely N-dealkylation sites (tertiary alicyclic amines) is 1. The Kier molecular flexibility index (Phi) is 3.56. The van der Waals surface area contributed by atoms with Crippen molar-refractivity contribution in [3.63, 3.8) is 0 Å². The molecule has 0 radical (unpaired) electrons. The van der Waals surface area contributed by atoms with Crippen LogP contribution < -0.4 is 11.1 Å². The molecule has 1 aliphatic heterocycles. The van der Waals surface area contributed by atoms with Crippen LogP contribution in [0, 0.1) is 17.8 Å². The largest absolute Gasteiger partial charge is 0.368 e. The Morgan fingerprint density at radius 2 is 1.89 bits per heavy atom. The van der Waals surface area contributed by atoms with Crippen LogP contribution in [0.2, 0.25) is 0 Å². The molecule has 0 aromatic carbocycles. The van der Waals surface area contributed by atoms with Crippen molar-refractivity contribution in [3.8, 4) is 0 Å². The van der Waals surface area contributed by atoms with E-state index < -0.39 is 5.54 Å². The monoisotopic (exact) mass is 265 g/mol. The maximum Gasteiger partial charge on any atom is 0.239 e. The van der Waals surface area contributed by atoms with E-state index >= 15 is 0 Å². The number of carbonyl (C=O) groups is 1. The summed E-state index contributed by atoms with van der Waals surface area (Å²) in [6, 6.07) is 0. The van der Waals surface area contributed by atoms with Crippen LogP contribution in [0.3, 0.4) is 0 Å². The minimum atomic E-state index is -0.465. The first kappa shape index (κ1) is 13.4. The molecule has 2 aliphatic carbocycles. The predicted molar refractivity (Wildman–Crippen MR) is 75.6 cm³/mol. The van der Waals surface area contributed by atoms with E-state index in [4.69, 9.17) is 5.73 Å². The number of primary amides is 1. The standard InChI is InChI=1S/C15H27N3O/c1-2-17-15(14(16)19,13-6-7-13)10-18-8-11-4-3-5-12(11)9-18/h11-13,17H,2-10H2,1H3,(H2,16,19). The van der Waals surface area contributed by atoms with Crippen LogP contribution in [0.25, 0.3) is 0 Å². The van der Waals surface area contributed by atoms with Gasteiger partial charge < -0.3 is 16.0 Å². The van der Waals surface area contributed by atoms with Crippen molar-refractivity contribution in [2.75, 3.05) is 26.2 Å². The van der Waals surface area contributed by atoms with E-state index in [1.807, 2.05) is 0 Å². The van der Waals surface area contributed by atoms with Crippen molar-refractivity contribution in [3.05, 3.63) is 0 Å². The molecular weight excluding hydrogens is 238 g/mol. The number of carbonyl (C=O) groups excluding carboxylic acids is 1. The molecule has 3 atom stereocenters. The summed E-state index contributed by atoms with van der Waals surface area (Å²) in [6.07, 6.45) is 6.47. The van der Waals surface area contributed by atoms with Gasteiger partial charge in [-0.05, 0) is 50.0 Å². The zero-order valence-corrected chi connectivity index (χ0v) is 12.0. The summed E-state index contributed by atoms with van der Waals surface area (Å²) in [7, 11) is 0. The van der Waals surface area contributed by atoms with Gasteiger partial charge in [0, 0.05) is 19.6 Å². The van der Waals surface area contributed by atoms with E-state index in [0.29, 0.717) is 5.92 Å². The first-order valence-corrected chi connectivity index (χ1v) is 7.93. The zero-order valence-electron chi connectivity index (χ0n) is 12.0. The van der Waals surface area contributed by atoms with Crippen molar-refractivity contribution in [1.29, 1.82) is 0 Å². The van der Waals surface area contributed by atoms with Gasteiger partial charge in [-0.1, -0.05) is 13.3 Å². The van der Waals surface area contributed by atoms with Crippen molar-refractivity contribution < 1.29 is 4.79 Å². The summed E-state index contributed by atoms with van der Waals surface area (Å²) < 4.78 is 0. The lowest BCUT2D eigenvalue weighted by Crippen LogP contribution is -2.63. The van der Waals surface area contributed by atoms with Gasteiger partial charge in [-0.3, -0.25) is 4.79 Å². The molecule has 0 aromatic rings. The van der Waals surface area contributed by atoms with Gasteiger partial charge in [0.2, 0.25) is 5.91 Å². The van der Waals surface area contributed by atoms with Gasteiger partial charge in [0.25, 0.3) is 0 Å². The molecule has 3 N–H and O–H groups in total. The average molecular weight is 265 g/mol. The van der Waals surface area contributed by atoms with Crippen LogP contribution in [-0.4, -0.2) is 42.5 Å². The highest BCUT2D eigenvalue weighted by molar-refractivity contribution is 5.86. The Balaban J connectivity index is 1.69. The smallest absolute Gasteiger partial charge is 0.239 e. The second kappa shape index (κ2) is 5.06. The third kappa shape index (κ3) is 2.40. The Labute approximate surface area is 116 Å². The number of nitrogens with one attached hydrogen (secondary N) is 1. The quantitative estimate of drug-likeness (QED) is 0.752. The van der Waals surface area contributed by atoms with Gasteiger partial charge in [0.05, 0.1) is 0 Å². The highest BCUT2D eigenvalue weighted by Crippen LogP contribution is 2.43. The summed E-state index contributed by atoms with van der Waals surface area (Å²) in [5.74, 6) is 2.08. The fourth-order valence-corrected chi connectivity index (χ4v) is 4.40. The molecule has 108 valence electrons. The lowest BCUT2D eigenvalue weighted by molar-refractivity contribution is -0.126. The van der Waals surface area contributed by atoms with E-state index in [1.165, 1.54) is 32.4 Å². The number of nitrogens with two attached hydrogens (primary N) is 1. The van der Waals surface area contributed by atoms with E-state index in [1.54, 1.807) is 0 Å². The third-order valence-corrected chi connectivity index (χ3v) is 5.48. The summed E-state index contributed by atoms with van der Waals surface area (Å²) in [6.45, 7) is 6.07. The Morgan fingerprint density at radius 3 is 2.37 bits per heavy atom. The van der Waals surface area contributed by atoms with Crippen LogP contribution in [0.5, 0.6) is 0 Å². The molecule has 0 aromatic heterocycles. The molecule has 4 heteroatoms. The molecule has 1 saturated heterocycles. The summed E-state index contributed by atoms with van der Waals surface area (Å²) in [5.41, 5.74) is 5.30. The second-order valence-corrected chi connectivity index (χ2v) is 6.79. The molecular formula is C15H27N3O. The molecule has 19 heavy (non-hydrogen) atoms. The molecule has 1 heterocycles. The predicted octanol–water partition coefficient (Wildman–Crippen LogP) is 0.962. The van der Waals surface area contributed by atoms with Gasteiger partial charge in [-0.25, -0.2) is 0 Å². The zero-order chi connectivity index (χ0) is 13.5. The highest BCUT2D eigenvalue weighted by Gasteiger charge is 2.51. The number of rotatable bonds is 6. The Morgan fingerprint density at radius 1 is 1.26 bits per heavy atom. The molecule has 3 rings (SSSR count). The van der Waals surface area contributed by atoms with E-state index in [-0.39, 0.29) is 5.91 Å². The highest BCUT2D eigenvalue weighted by atomic mass is 16.1. The topological polar surface area (TPSA) is 58.4 Å². The Hall–Kier alpha value is -0.610. The number of hydrogen-bond acceptors (Lipinski definition) is 3. The normalized spacial score (nSPS) is 34.2. The molecule has 3 fully saturated rings. The first-order chi connectivity index (χ1) is 9.15. The number of nitrogens with zero attached hydrogens (tertiary/aromatic N) is 1. The molecule has 0 bridgehead atoms. The Bertz CT molecular complexity index is 343. The van der Waals surface area contributed by atoms with E-state index in [2.05, 4.69) is 17.1 Å². The van der Waals surface area contributed by atoms with E-state index in [9.17, 15) is 4.79 Å². The lowest BCUT2D eigenvalue weighted by atomic mass is 9.91. The number of amides is 1. The van der Waals surface area contributed by atoms with Gasteiger partial charge >= 0.3 is 0 Å². The van der Waals surface area contributed by atoms with Gasteiger partial charge in [-0.15, -0.1) is 0 Å². The molecule has 3 aliphatic rings. The van der Waals surface area contributed by atoms with Crippen LogP contribution in [0.15, 0.2) is 0 Å². The first-order valence-electron chi connectivity index (χ1n) is 7.93. The maximum atomic E-state index is 12.1. The second-order valence-electron chi connectivity index (χ2n) is 6.79. The third-order valence-electron chi connectivity index (χ3n) is 5.48. The van der Waals surface area contributed by atoms with Crippen LogP contribution in [-0.2, 0) is 4.79 Å². The van der Waals surface area contributed by atoms with Crippen molar-refractivity contribution in [1.82, 2.24) is 10.2 Å².